The van der Waals surface area contributed by atoms with Crippen molar-refractivity contribution in [3.05, 3.63) is 94.5 Å². The van der Waals surface area contributed by atoms with Gasteiger partial charge in [-0.1, -0.05) is 62.7 Å². The molecule has 2 atom stereocenters. The summed E-state index contributed by atoms with van der Waals surface area (Å²) >= 11 is 0. The third kappa shape index (κ3) is 4.41. The van der Waals surface area contributed by atoms with Crippen molar-refractivity contribution < 1.29 is 38.4 Å². The van der Waals surface area contributed by atoms with Crippen molar-refractivity contribution in [3.8, 4) is 17.4 Å². The Morgan fingerprint density at radius 3 is 2.72 bits per heavy atom. The topological polar surface area (TPSA) is 63.9 Å². The molecule has 0 saturated carbocycles. The first-order valence-electron chi connectivity index (χ1n) is 12.7. The molecule has 0 fully saturated rings. The third-order valence-electron chi connectivity index (χ3n) is 6.41. The monoisotopic (exact) mass is 660 g/mol. The smallest absolute Gasteiger partial charge is 0.217 e. The second kappa shape index (κ2) is 9.05. The maximum absolute atomic E-state index is 10.4. The van der Waals surface area contributed by atoms with Gasteiger partial charge in [-0.15, -0.1) is 11.6 Å². The minimum absolute atomic E-state index is 0. The summed E-state index contributed by atoms with van der Waals surface area (Å²) in [7, 11) is 0. The van der Waals surface area contributed by atoms with Gasteiger partial charge in [0.1, 0.15) is 29.3 Å². The van der Waals surface area contributed by atoms with Crippen LogP contribution in [0.25, 0.3) is 10.9 Å². The summed E-state index contributed by atoms with van der Waals surface area (Å²) < 4.78 is 29.7. The van der Waals surface area contributed by atoms with E-state index in [0.717, 1.165) is 22.1 Å². The number of rotatable bonds is 3. The summed E-state index contributed by atoms with van der Waals surface area (Å²) in [5.74, 6) is 1.22. The third-order valence-corrected chi connectivity index (χ3v) is 6.41. The minimum atomic E-state index is -1.65. The van der Waals surface area contributed by atoms with E-state index in [9.17, 15) is 5.11 Å². The number of nitrogens with zero attached hydrogens (tertiary/aromatic N) is 2. The van der Waals surface area contributed by atoms with Gasteiger partial charge >= 0.3 is 0 Å². The number of pyridine rings is 1. The molecular weight excluding hydrogens is 631 g/mol. The van der Waals surface area contributed by atoms with E-state index in [-0.39, 0.29) is 32.2 Å². The van der Waals surface area contributed by atoms with Crippen LogP contribution >= 0.6 is 0 Å². The fraction of sp³-hybridized carbons (Fsp3) is 0.267. The van der Waals surface area contributed by atoms with E-state index in [4.69, 9.17) is 17.2 Å². The molecule has 6 rings (SSSR count). The van der Waals surface area contributed by atoms with Gasteiger partial charge in [-0.25, -0.2) is 4.98 Å². The number of fused-ring (bicyclic) bond motifs is 4. The Morgan fingerprint density at radius 1 is 1.11 bits per heavy atom. The Kier molecular flexibility index (Phi) is 5.54. The van der Waals surface area contributed by atoms with Crippen LogP contribution in [0.4, 0.5) is 0 Å². The minimum Gasteiger partial charge on any atom is -0.514 e. The number of aryl methyl sites for hydroxylation is 1. The zero-order valence-electron chi connectivity index (χ0n) is 22.4. The number of phenolic OH excluding ortho intramolecular Hbond substituents is 1. The van der Waals surface area contributed by atoms with Crippen LogP contribution in [-0.4, -0.2) is 22.1 Å². The van der Waals surface area contributed by atoms with Crippen LogP contribution in [0, 0.1) is 13.0 Å². The van der Waals surface area contributed by atoms with Gasteiger partial charge in [-0.3, -0.25) is 4.99 Å². The average Bonchev–Trinajstić information content (AvgIpc) is 3.37. The molecule has 0 spiro atoms. The Labute approximate surface area is 228 Å². The molecule has 3 aromatic carbocycles. The Hall–Kier alpha value is -3.17. The molecule has 1 aliphatic carbocycles. The number of hydrogen-bond acceptors (Lipinski definition) is 5. The van der Waals surface area contributed by atoms with Crippen LogP contribution in [-0.2, 0) is 37.6 Å². The fourth-order valence-electron chi connectivity index (χ4n) is 4.58. The zero-order valence-corrected chi connectivity index (χ0v) is 22.7. The van der Waals surface area contributed by atoms with Gasteiger partial charge in [0.15, 0.2) is 0 Å². The number of aromatic hydroxyl groups is 1. The number of ether oxygens (including phenoxy) is 2. The summed E-state index contributed by atoms with van der Waals surface area (Å²) in [5, 5.41) is 11.2. The molecule has 0 amide bonds. The average molecular weight is 661 g/mol. The summed E-state index contributed by atoms with van der Waals surface area (Å²) in [6, 6.07) is 21.4. The van der Waals surface area contributed by atoms with Crippen LogP contribution in [0.3, 0.4) is 0 Å². The van der Waals surface area contributed by atoms with Crippen LogP contribution in [0.15, 0.2) is 65.7 Å². The number of phenols is 1. The van der Waals surface area contributed by atoms with Crippen molar-refractivity contribution >= 4 is 16.8 Å². The molecule has 2 aliphatic rings. The molecule has 2 heterocycles. The van der Waals surface area contributed by atoms with E-state index < -0.39 is 18.5 Å². The Balaban J connectivity index is 0.00000294. The first kappa shape index (κ1) is 22.1. The van der Waals surface area contributed by atoms with E-state index in [1.54, 1.807) is 18.2 Å². The van der Waals surface area contributed by atoms with Gasteiger partial charge in [0.05, 0.1) is 0 Å². The number of aromatic nitrogens is 1. The molecule has 4 aromatic rings. The molecule has 0 saturated heterocycles. The summed E-state index contributed by atoms with van der Waals surface area (Å²) in [4.78, 5) is 9.33. The molecule has 36 heavy (non-hydrogen) atoms. The predicted octanol–water partition coefficient (Wildman–Crippen LogP) is 6.58. The van der Waals surface area contributed by atoms with Crippen molar-refractivity contribution in [2.24, 2.45) is 4.99 Å². The molecule has 1 N–H and O–H groups in total. The number of hydrogen-bond donors (Lipinski definition) is 1. The second-order valence-corrected chi connectivity index (χ2v) is 10.2. The second-order valence-electron chi connectivity index (χ2n) is 10.2. The van der Waals surface area contributed by atoms with Crippen LogP contribution in [0.2, 0.25) is 0 Å². The Bertz CT molecular complexity index is 1600. The van der Waals surface area contributed by atoms with Crippen LogP contribution in [0.5, 0.6) is 17.4 Å². The SMILES string of the molecule is [2H]C1([2H])c2ccccc2[C@@H]2N=C(c3[c-]c(Oc4ccc5cc(C)cc(O)c5n4)cc(C(C)(C)C)c3)O[C@H]21.[Pt]. The standard InChI is InChI=1S/C30H27N2O3.Pt/c1-17-11-19-9-10-26(31-27(19)24(33)12-17)34-22-14-20(13-21(16-22)30(2,3)4)29-32-28-23-8-6-5-7-18(23)15-25(28)35-29;/h5-13,16,25,28,33H,15H2,1-4H3;/q-1;/t25-,28-;/m0./s1/i15D2;. The van der Waals surface area contributed by atoms with Crippen LogP contribution in [0.1, 0.15) is 57.4 Å². The quantitative estimate of drug-likeness (QED) is 0.253. The van der Waals surface area contributed by atoms with Gasteiger partial charge in [-0.05, 0) is 47.2 Å². The Morgan fingerprint density at radius 2 is 1.92 bits per heavy atom. The summed E-state index contributed by atoms with van der Waals surface area (Å²) in [6.07, 6.45) is -2.38. The van der Waals surface area contributed by atoms with E-state index >= 15 is 0 Å². The van der Waals surface area contributed by atoms with E-state index in [0.29, 0.717) is 34.2 Å². The predicted molar refractivity (Wildman–Crippen MR) is 136 cm³/mol. The molecule has 6 heteroatoms. The van der Waals surface area contributed by atoms with Crippen LogP contribution < -0.4 is 4.74 Å². The van der Waals surface area contributed by atoms with Gasteiger partial charge in [0.25, 0.3) is 0 Å². The van der Waals surface area contributed by atoms with E-state index in [2.05, 4.69) is 31.8 Å². The van der Waals surface area contributed by atoms with E-state index in [1.165, 1.54) is 0 Å². The van der Waals surface area contributed by atoms with Crippen molar-refractivity contribution in [3.63, 3.8) is 0 Å². The molecular formula is C30H27N2O3Pt-. The van der Waals surface area contributed by atoms with Gasteiger partial charge < -0.3 is 14.6 Å². The van der Waals surface area contributed by atoms with Crippen molar-refractivity contribution in [2.45, 2.75) is 51.6 Å². The first-order valence-corrected chi connectivity index (χ1v) is 11.7. The largest absolute Gasteiger partial charge is 0.514 e. The summed E-state index contributed by atoms with van der Waals surface area (Å²) in [5.41, 5.74) is 4.28. The van der Waals surface area contributed by atoms with Crippen molar-refractivity contribution in [1.82, 2.24) is 4.98 Å². The molecule has 1 aromatic heterocycles. The van der Waals surface area contributed by atoms with Gasteiger partial charge in [0.2, 0.25) is 5.88 Å². The maximum Gasteiger partial charge on any atom is 0.217 e. The van der Waals surface area contributed by atoms with Gasteiger partial charge in [-0.2, -0.15) is 0 Å². The number of benzene rings is 3. The fourth-order valence-corrected chi connectivity index (χ4v) is 4.58. The number of aliphatic imine (C=N–C) groups is 1. The van der Waals surface area contributed by atoms with Gasteiger partial charge in [0, 0.05) is 47.4 Å². The normalized spacial score (nSPS) is 20.4. The summed E-state index contributed by atoms with van der Waals surface area (Å²) in [6.45, 7) is 8.23. The molecule has 186 valence electrons. The maximum atomic E-state index is 10.4. The van der Waals surface area contributed by atoms with Crippen molar-refractivity contribution in [1.29, 1.82) is 0 Å². The zero-order chi connectivity index (χ0) is 26.1. The molecule has 1 aliphatic heterocycles. The molecule has 0 unspecified atom stereocenters. The van der Waals surface area contributed by atoms with E-state index in [1.807, 2.05) is 49.4 Å². The molecule has 0 bridgehead atoms. The van der Waals surface area contributed by atoms with Crippen molar-refractivity contribution in [2.75, 3.05) is 0 Å². The first-order chi connectivity index (χ1) is 17.5. The molecule has 0 radical (unpaired) electrons. The molecule has 5 nitrogen and oxygen atoms in total.